The van der Waals surface area contributed by atoms with Gasteiger partial charge in [-0.1, -0.05) is 24.3 Å². The summed E-state index contributed by atoms with van der Waals surface area (Å²) in [6.45, 7) is 3.08. The lowest BCUT2D eigenvalue weighted by Crippen LogP contribution is -2.64. The van der Waals surface area contributed by atoms with Crippen LogP contribution in [0, 0.1) is 0 Å². The van der Waals surface area contributed by atoms with Gasteiger partial charge in [0.2, 0.25) is 11.8 Å². The van der Waals surface area contributed by atoms with Crippen molar-refractivity contribution >= 4 is 34.4 Å². The summed E-state index contributed by atoms with van der Waals surface area (Å²) in [6.07, 6.45) is 2.72. The first-order valence-electron chi connectivity index (χ1n) is 11.9. The van der Waals surface area contributed by atoms with E-state index in [-0.39, 0.29) is 30.2 Å². The minimum Gasteiger partial charge on any atom is -0.342 e. The van der Waals surface area contributed by atoms with Gasteiger partial charge in [-0.2, -0.15) is 0 Å². The molecule has 8 heteroatoms. The predicted molar refractivity (Wildman–Crippen MR) is 127 cm³/mol. The Morgan fingerprint density at radius 2 is 1.94 bits per heavy atom. The van der Waals surface area contributed by atoms with Crippen LogP contribution in [0.4, 0.5) is 5.69 Å². The molecule has 2 aromatic carbocycles. The number of imidazole rings is 1. The molecule has 34 heavy (non-hydrogen) atoms. The molecule has 3 aliphatic rings. The number of likely N-dealkylation sites (tertiary alicyclic amines) is 1. The Labute approximate surface area is 197 Å². The monoisotopic (exact) mass is 457 g/mol. The number of H-pyrrole nitrogens is 1. The molecule has 8 nitrogen and oxygen atoms in total. The summed E-state index contributed by atoms with van der Waals surface area (Å²) < 4.78 is 0. The molecule has 1 N–H and O–H groups in total. The zero-order valence-corrected chi connectivity index (χ0v) is 19.2. The van der Waals surface area contributed by atoms with Gasteiger partial charge in [0, 0.05) is 25.4 Å². The van der Waals surface area contributed by atoms with Crippen molar-refractivity contribution in [2.24, 2.45) is 0 Å². The summed E-state index contributed by atoms with van der Waals surface area (Å²) in [4.78, 5) is 53.0. The molecule has 4 heterocycles. The van der Waals surface area contributed by atoms with E-state index in [9.17, 15) is 14.4 Å². The van der Waals surface area contributed by atoms with Crippen molar-refractivity contribution in [2.45, 2.75) is 44.2 Å². The Kier molecular flexibility index (Phi) is 4.72. The number of amides is 3. The number of hydrogen-bond acceptors (Lipinski definition) is 4. The van der Waals surface area contributed by atoms with Gasteiger partial charge in [0.05, 0.1) is 22.3 Å². The molecule has 0 aliphatic carbocycles. The van der Waals surface area contributed by atoms with E-state index in [0.717, 1.165) is 29.7 Å². The third-order valence-electron chi connectivity index (χ3n) is 7.61. The number of nitrogens with one attached hydrogen (secondary N) is 1. The SMILES string of the molecule is CC12CCC(=O)N1c1ccccc1C(=O)N2CC(=O)N1CCCC(c2nc3ccccc3[nH]2)C1. The van der Waals surface area contributed by atoms with Gasteiger partial charge in [0.15, 0.2) is 0 Å². The van der Waals surface area contributed by atoms with Crippen molar-refractivity contribution in [2.75, 3.05) is 24.5 Å². The molecular formula is C26H27N5O3. The summed E-state index contributed by atoms with van der Waals surface area (Å²) >= 11 is 0. The van der Waals surface area contributed by atoms with E-state index < -0.39 is 5.66 Å². The number of para-hydroxylation sites is 3. The van der Waals surface area contributed by atoms with Crippen molar-refractivity contribution in [1.82, 2.24) is 19.8 Å². The predicted octanol–water partition coefficient (Wildman–Crippen LogP) is 3.27. The van der Waals surface area contributed by atoms with Crippen LogP contribution in [0.5, 0.6) is 0 Å². The highest BCUT2D eigenvalue weighted by molar-refractivity contribution is 6.11. The van der Waals surface area contributed by atoms with Crippen LogP contribution in [0.15, 0.2) is 48.5 Å². The number of carbonyl (C=O) groups is 3. The second-order valence-corrected chi connectivity index (χ2v) is 9.67. The number of aromatic nitrogens is 2. The number of hydrogen-bond donors (Lipinski definition) is 1. The summed E-state index contributed by atoms with van der Waals surface area (Å²) in [5.74, 6) is 0.740. The Morgan fingerprint density at radius 1 is 1.15 bits per heavy atom. The normalized spacial score (nSPS) is 24.5. The summed E-state index contributed by atoms with van der Waals surface area (Å²) in [6, 6.07) is 15.1. The van der Waals surface area contributed by atoms with Crippen LogP contribution in [-0.4, -0.2) is 62.8 Å². The number of benzene rings is 2. The standard InChI is InChI=1S/C26H27N5O3/c1-26-13-12-22(32)31(26)21-11-5-2-8-18(21)25(34)30(26)16-23(33)29-14-6-7-17(15-29)24-27-19-9-3-4-10-20(19)28-24/h2-5,8-11,17H,6-7,12-16H2,1H3,(H,27,28). The minimum absolute atomic E-state index is 0.0113. The van der Waals surface area contributed by atoms with E-state index in [4.69, 9.17) is 4.98 Å². The minimum atomic E-state index is -0.827. The third kappa shape index (κ3) is 3.12. The molecule has 2 saturated heterocycles. The Bertz CT molecular complexity index is 1280. The van der Waals surface area contributed by atoms with Crippen molar-refractivity contribution in [1.29, 1.82) is 0 Å². The van der Waals surface area contributed by atoms with E-state index in [1.807, 2.05) is 48.2 Å². The van der Waals surface area contributed by atoms with Gasteiger partial charge in [-0.15, -0.1) is 0 Å². The van der Waals surface area contributed by atoms with Crippen LogP contribution in [-0.2, 0) is 9.59 Å². The Balaban J connectivity index is 1.25. The fourth-order valence-electron chi connectivity index (χ4n) is 5.77. The first kappa shape index (κ1) is 20.9. The lowest BCUT2D eigenvalue weighted by molar-refractivity contribution is -0.134. The number of piperidine rings is 1. The largest absolute Gasteiger partial charge is 0.342 e. The maximum Gasteiger partial charge on any atom is 0.258 e. The Hall–Kier alpha value is -3.68. The van der Waals surface area contributed by atoms with Gasteiger partial charge < -0.3 is 14.8 Å². The van der Waals surface area contributed by atoms with Gasteiger partial charge in [0.1, 0.15) is 18.0 Å². The summed E-state index contributed by atoms with van der Waals surface area (Å²) in [5, 5.41) is 0. The highest BCUT2D eigenvalue weighted by Crippen LogP contribution is 2.44. The summed E-state index contributed by atoms with van der Waals surface area (Å²) in [5.41, 5.74) is 2.22. The van der Waals surface area contributed by atoms with Gasteiger partial charge in [-0.25, -0.2) is 4.98 Å². The zero-order chi connectivity index (χ0) is 23.4. The van der Waals surface area contributed by atoms with Gasteiger partial charge >= 0.3 is 0 Å². The van der Waals surface area contributed by atoms with Crippen LogP contribution < -0.4 is 4.90 Å². The molecule has 174 valence electrons. The number of aromatic amines is 1. The molecule has 0 spiro atoms. The quantitative estimate of drug-likeness (QED) is 0.654. The number of fused-ring (bicyclic) bond motifs is 4. The van der Waals surface area contributed by atoms with Crippen molar-refractivity contribution < 1.29 is 14.4 Å². The zero-order valence-electron chi connectivity index (χ0n) is 19.2. The maximum absolute atomic E-state index is 13.5. The maximum atomic E-state index is 13.5. The lowest BCUT2D eigenvalue weighted by atomic mass is 9.96. The van der Waals surface area contributed by atoms with Crippen LogP contribution in [0.1, 0.15) is 54.7 Å². The highest BCUT2D eigenvalue weighted by atomic mass is 16.2. The van der Waals surface area contributed by atoms with Gasteiger partial charge in [-0.05, 0) is 50.5 Å². The molecular weight excluding hydrogens is 430 g/mol. The summed E-state index contributed by atoms with van der Waals surface area (Å²) in [7, 11) is 0. The van der Waals surface area contributed by atoms with Gasteiger partial charge in [0.25, 0.3) is 5.91 Å². The third-order valence-corrected chi connectivity index (χ3v) is 7.61. The second kappa shape index (κ2) is 7.68. The average molecular weight is 458 g/mol. The molecule has 2 unspecified atom stereocenters. The number of anilines is 1. The van der Waals surface area contributed by atoms with E-state index in [2.05, 4.69) is 4.98 Å². The van der Waals surface area contributed by atoms with E-state index in [0.29, 0.717) is 37.2 Å². The molecule has 0 bridgehead atoms. The second-order valence-electron chi connectivity index (χ2n) is 9.67. The van der Waals surface area contributed by atoms with Crippen molar-refractivity contribution in [3.8, 4) is 0 Å². The molecule has 2 fully saturated rings. The van der Waals surface area contributed by atoms with Crippen LogP contribution in [0.3, 0.4) is 0 Å². The van der Waals surface area contributed by atoms with Crippen LogP contribution in [0.25, 0.3) is 11.0 Å². The molecule has 3 aromatic rings. The molecule has 6 rings (SSSR count). The molecule has 0 radical (unpaired) electrons. The van der Waals surface area contributed by atoms with Crippen LogP contribution >= 0.6 is 0 Å². The number of nitrogens with zero attached hydrogens (tertiary/aromatic N) is 4. The average Bonchev–Trinajstić information content (AvgIpc) is 3.43. The fourth-order valence-corrected chi connectivity index (χ4v) is 5.77. The Morgan fingerprint density at radius 3 is 2.79 bits per heavy atom. The lowest BCUT2D eigenvalue weighted by Gasteiger charge is -2.49. The first-order valence-corrected chi connectivity index (χ1v) is 11.9. The van der Waals surface area contributed by atoms with E-state index in [1.54, 1.807) is 21.9 Å². The first-order chi connectivity index (χ1) is 16.5. The highest BCUT2D eigenvalue weighted by Gasteiger charge is 2.53. The van der Waals surface area contributed by atoms with E-state index >= 15 is 0 Å². The molecule has 1 aromatic heterocycles. The molecule has 3 aliphatic heterocycles. The number of carbonyl (C=O) groups excluding carboxylic acids is 3. The number of rotatable bonds is 3. The molecule has 2 atom stereocenters. The van der Waals surface area contributed by atoms with Crippen molar-refractivity contribution in [3.63, 3.8) is 0 Å². The fraction of sp³-hybridized carbons (Fsp3) is 0.385. The van der Waals surface area contributed by atoms with Crippen molar-refractivity contribution in [3.05, 3.63) is 59.9 Å². The van der Waals surface area contributed by atoms with E-state index in [1.165, 1.54) is 0 Å². The molecule has 0 saturated carbocycles. The van der Waals surface area contributed by atoms with Crippen LogP contribution in [0.2, 0.25) is 0 Å². The topological polar surface area (TPSA) is 89.6 Å². The van der Waals surface area contributed by atoms with Gasteiger partial charge in [-0.3, -0.25) is 19.3 Å². The smallest absolute Gasteiger partial charge is 0.258 e. The molecule has 3 amide bonds.